The molecule has 1 unspecified atom stereocenters. The van der Waals surface area contributed by atoms with E-state index in [0.717, 1.165) is 27.8 Å². The van der Waals surface area contributed by atoms with Gasteiger partial charge in [-0.1, -0.05) is 6.92 Å². The molecule has 0 saturated heterocycles. The number of carbonyl (C=O) groups is 1. The summed E-state index contributed by atoms with van der Waals surface area (Å²) in [6.07, 6.45) is 0.834. The van der Waals surface area contributed by atoms with E-state index in [9.17, 15) is 4.79 Å². The number of carboxylic acids is 1. The highest BCUT2D eigenvalue weighted by Gasteiger charge is 2.18. The summed E-state index contributed by atoms with van der Waals surface area (Å²) in [6.45, 7) is 3.76. The summed E-state index contributed by atoms with van der Waals surface area (Å²) in [5.41, 5.74) is 4.74. The van der Waals surface area contributed by atoms with Gasteiger partial charge in [0, 0.05) is 0 Å². The molecular weight excluding hydrogens is 222 g/mol. The van der Waals surface area contributed by atoms with Gasteiger partial charge in [-0.25, -0.2) is 4.98 Å². The topological polar surface area (TPSA) is 50.2 Å². The summed E-state index contributed by atoms with van der Waals surface area (Å²) in [6, 6.07) is 3.96. The molecule has 1 atom stereocenters. The largest absolute Gasteiger partial charge is 0.481 e. The lowest BCUT2D eigenvalue weighted by Crippen LogP contribution is -2.09. The zero-order chi connectivity index (χ0) is 11.7. The number of fused-ring (bicyclic) bond motifs is 1. The number of carboxylic acid groups (broad SMARTS) is 1. The third kappa shape index (κ3) is 1.80. The van der Waals surface area contributed by atoms with Crippen molar-refractivity contribution < 1.29 is 9.90 Å². The van der Waals surface area contributed by atoms with Crippen molar-refractivity contribution in [2.45, 2.75) is 26.2 Å². The van der Waals surface area contributed by atoms with E-state index in [4.69, 9.17) is 5.11 Å². The van der Waals surface area contributed by atoms with Crippen LogP contribution in [0.4, 0.5) is 0 Å². The first-order chi connectivity index (χ1) is 7.63. The maximum atomic E-state index is 11.0. The van der Waals surface area contributed by atoms with Crippen LogP contribution in [0.15, 0.2) is 17.6 Å². The second kappa shape index (κ2) is 4.22. The number of nitrogens with zero attached hydrogens (tertiary/aromatic N) is 1. The van der Waals surface area contributed by atoms with E-state index >= 15 is 0 Å². The Morgan fingerprint density at radius 1 is 1.56 bits per heavy atom. The SMILES string of the molecule is CCc1cc2ncsc2cc1C(C)C(=O)O. The Bertz CT molecular complexity index is 533. The van der Waals surface area contributed by atoms with Gasteiger partial charge in [0.2, 0.25) is 0 Å². The fourth-order valence-corrected chi connectivity index (χ4v) is 2.51. The molecule has 0 fully saturated rings. The Balaban J connectivity index is 2.61. The first kappa shape index (κ1) is 11.1. The molecule has 0 amide bonds. The van der Waals surface area contributed by atoms with E-state index in [1.807, 2.05) is 19.1 Å². The van der Waals surface area contributed by atoms with E-state index < -0.39 is 11.9 Å². The van der Waals surface area contributed by atoms with Gasteiger partial charge in [0.1, 0.15) is 0 Å². The van der Waals surface area contributed by atoms with Gasteiger partial charge in [0.15, 0.2) is 0 Å². The minimum atomic E-state index is -0.779. The van der Waals surface area contributed by atoms with Crippen molar-refractivity contribution in [3.63, 3.8) is 0 Å². The predicted octanol–water partition coefficient (Wildman–Crippen LogP) is 3.05. The lowest BCUT2D eigenvalue weighted by atomic mass is 9.94. The number of aliphatic carboxylic acids is 1. The van der Waals surface area contributed by atoms with Crippen LogP contribution in [0, 0.1) is 0 Å². The monoisotopic (exact) mass is 235 g/mol. The number of aryl methyl sites for hydroxylation is 1. The van der Waals surface area contributed by atoms with E-state index in [1.165, 1.54) is 0 Å². The molecule has 0 spiro atoms. The van der Waals surface area contributed by atoms with Crippen molar-refractivity contribution in [2.75, 3.05) is 0 Å². The van der Waals surface area contributed by atoms with Crippen LogP contribution in [0.2, 0.25) is 0 Å². The molecule has 0 aliphatic heterocycles. The first-order valence-corrected chi connectivity index (χ1v) is 6.10. The van der Waals surface area contributed by atoms with Crippen LogP contribution in [0.5, 0.6) is 0 Å². The van der Waals surface area contributed by atoms with E-state index in [-0.39, 0.29) is 0 Å². The minimum Gasteiger partial charge on any atom is -0.481 e. The molecule has 1 aromatic carbocycles. The van der Waals surface area contributed by atoms with Crippen LogP contribution < -0.4 is 0 Å². The zero-order valence-electron chi connectivity index (χ0n) is 9.23. The Hall–Kier alpha value is -1.42. The summed E-state index contributed by atoms with van der Waals surface area (Å²) in [7, 11) is 0. The summed E-state index contributed by atoms with van der Waals surface area (Å²) < 4.78 is 1.06. The lowest BCUT2D eigenvalue weighted by molar-refractivity contribution is -0.138. The van der Waals surface area contributed by atoms with Gasteiger partial charge in [-0.05, 0) is 36.6 Å². The van der Waals surface area contributed by atoms with Gasteiger partial charge in [0.25, 0.3) is 0 Å². The van der Waals surface area contributed by atoms with E-state index in [1.54, 1.807) is 23.8 Å². The smallest absolute Gasteiger partial charge is 0.310 e. The molecule has 0 saturated carbocycles. The normalized spacial score (nSPS) is 12.9. The molecule has 1 N–H and O–H groups in total. The Kier molecular flexibility index (Phi) is 2.92. The maximum Gasteiger partial charge on any atom is 0.310 e. The molecule has 0 aliphatic carbocycles. The van der Waals surface area contributed by atoms with Crippen LogP contribution in [0.1, 0.15) is 30.9 Å². The van der Waals surface area contributed by atoms with Gasteiger partial charge in [-0.3, -0.25) is 4.79 Å². The fraction of sp³-hybridized carbons (Fsp3) is 0.333. The highest BCUT2D eigenvalue weighted by Crippen LogP contribution is 2.28. The minimum absolute atomic E-state index is 0.457. The molecule has 0 radical (unpaired) electrons. The van der Waals surface area contributed by atoms with Gasteiger partial charge in [-0.2, -0.15) is 0 Å². The van der Waals surface area contributed by atoms with Crippen LogP contribution in [-0.4, -0.2) is 16.1 Å². The van der Waals surface area contributed by atoms with Crippen LogP contribution >= 0.6 is 11.3 Å². The number of thiazole rings is 1. The summed E-state index contributed by atoms with van der Waals surface area (Å²) in [4.78, 5) is 15.3. The van der Waals surface area contributed by atoms with Crippen LogP contribution in [-0.2, 0) is 11.2 Å². The van der Waals surface area contributed by atoms with Crippen molar-refractivity contribution in [1.29, 1.82) is 0 Å². The Morgan fingerprint density at radius 3 is 2.94 bits per heavy atom. The quantitative estimate of drug-likeness (QED) is 0.889. The standard InChI is InChI=1S/C12H13NO2S/c1-3-8-4-10-11(16-6-13-10)5-9(8)7(2)12(14)15/h4-7H,3H2,1-2H3,(H,14,15). The molecule has 1 heterocycles. The Labute approximate surface area is 97.8 Å². The van der Waals surface area contributed by atoms with E-state index in [2.05, 4.69) is 4.98 Å². The number of hydrogen-bond donors (Lipinski definition) is 1. The van der Waals surface area contributed by atoms with Gasteiger partial charge in [0.05, 0.1) is 21.6 Å². The maximum absolute atomic E-state index is 11.0. The molecule has 4 heteroatoms. The molecule has 2 rings (SSSR count). The Morgan fingerprint density at radius 2 is 2.31 bits per heavy atom. The van der Waals surface area contributed by atoms with Crippen LogP contribution in [0.25, 0.3) is 10.2 Å². The van der Waals surface area contributed by atoms with Crippen molar-refractivity contribution in [3.8, 4) is 0 Å². The van der Waals surface area contributed by atoms with Crippen molar-refractivity contribution in [3.05, 3.63) is 28.8 Å². The van der Waals surface area contributed by atoms with Crippen molar-refractivity contribution in [1.82, 2.24) is 4.98 Å². The molecule has 3 nitrogen and oxygen atoms in total. The molecule has 0 aliphatic rings. The average molecular weight is 235 g/mol. The second-order valence-corrected chi connectivity index (χ2v) is 4.67. The lowest BCUT2D eigenvalue weighted by Gasteiger charge is -2.11. The first-order valence-electron chi connectivity index (χ1n) is 5.22. The molecule has 1 aromatic heterocycles. The third-order valence-corrected chi connectivity index (χ3v) is 3.60. The highest BCUT2D eigenvalue weighted by molar-refractivity contribution is 7.16. The number of hydrogen-bond acceptors (Lipinski definition) is 3. The summed E-state index contributed by atoms with van der Waals surface area (Å²) in [5, 5.41) is 9.07. The van der Waals surface area contributed by atoms with E-state index in [0.29, 0.717) is 0 Å². The number of aromatic nitrogens is 1. The predicted molar refractivity (Wildman–Crippen MR) is 65.0 cm³/mol. The summed E-state index contributed by atoms with van der Waals surface area (Å²) in [5.74, 6) is -1.24. The fourth-order valence-electron chi connectivity index (χ4n) is 1.80. The molecule has 16 heavy (non-hydrogen) atoms. The van der Waals surface area contributed by atoms with Gasteiger partial charge in [-0.15, -0.1) is 11.3 Å². The highest BCUT2D eigenvalue weighted by atomic mass is 32.1. The molecule has 84 valence electrons. The van der Waals surface area contributed by atoms with Crippen LogP contribution in [0.3, 0.4) is 0 Å². The zero-order valence-corrected chi connectivity index (χ0v) is 10.0. The summed E-state index contributed by atoms with van der Waals surface area (Å²) >= 11 is 1.55. The molecule has 0 bridgehead atoms. The van der Waals surface area contributed by atoms with Crippen molar-refractivity contribution in [2.24, 2.45) is 0 Å². The number of rotatable bonds is 3. The number of benzene rings is 1. The molecule has 2 aromatic rings. The molecular formula is C12H13NO2S. The second-order valence-electron chi connectivity index (χ2n) is 3.78. The van der Waals surface area contributed by atoms with Crippen molar-refractivity contribution >= 4 is 27.5 Å². The third-order valence-electron chi connectivity index (χ3n) is 2.81. The van der Waals surface area contributed by atoms with Gasteiger partial charge < -0.3 is 5.11 Å². The van der Waals surface area contributed by atoms with Gasteiger partial charge >= 0.3 is 5.97 Å². The average Bonchev–Trinajstić information content (AvgIpc) is 2.72.